The minimum Gasteiger partial charge on any atom is -0.399 e. The Labute approximate surface area is 106 Å². The van der Waals surface area contributed by atoms with Crippen molar-refractivity contribution >= 4 is 17.3 Å². The number of anilines is 2. The van der Waals surface area contributed by atoms with E-state index in [4.69, 9.17) is 10.5 Å². The highest BCUT2D eigenvalue weighted by atomic mass is 16.5. The summed E-state index contributed by atoms with van der Waals surface area (Å²) in [6, 6.07) is 5.33. The average molecular weight is 250 g/mol. The molecule has 0 spiro atoms. The molecule has 0 bridgehead atoms. The zero-order chi connectivity index (χ0) is 13.3. The second kappa shape index (κ2) is 4.59. The van der Waals surface area contributed by atoms with Crippen LogP contribution in [0.15, 0.2) is 18.2 Å². The molecule has 0 radical (unpaired) electrons. The Morgan fingerprint density at radius 2 is 2.22 bits per heavy atom. The molecular formula is C13H18N2O3. The van der Waals surface area contributed by atoms with E-state index < -0.39 is 5.41 Å². The van der Waals surface area contributed by atoms with Crippen LogP contribution in [0, 0.1) is 0 Å². The van der Waals surface area contributed by atoms with Crippen LogP contribution in [-0.4, -0.2) is 37.9 Å². The van der Waals surface area contributed by atoms with Gasteiger partial charge in [0, 0.05) is 25.0 Å². The normalized spacial score (nSPS) is 22.4. The molecule has 1 atom stereocenters. The maximum Gasteiger partial charge on any atom is 0.242 e. The van der Waals surface area contributed by atoms with Crippen molar-refractivity contribution < 1.29 is 14.6 Å². The topological polar surface area (TPSA) is 75.8 Å². The molecule has 1 heterocycles. The van der Waals surface area contributed by atoms with Crippen LogP contribution in [0.25, 0.3) is 0 Å². The summed E-state index contributed by atoms with van der Waals surface area (Å²) in [5.41, 5.74) is 6.90. The van der Waals surface area contributed by atoms with Crippen molar-refractivity contribution in [3.8, 4) is 0 Å². The van der Waals surface area contributed by atoms with Gasteiger partial charge >= 0.3 is 0 Å². The molecular weight excluding hydrogens is 232 g/mol. The summed E-state index contributed by atoms with van der Waals surface area (Å²) in [4.78, 5) is 14.1. The van der Waals surface area contributed by atoms with Crippen molar-refractivity contribution in [2.24, 2.45) is 0 Å². The first-order valence-corrected chi connectivity index (χ1v) is 5.92. The summed E-state index contributed by atoms with van der Waals surface area (Å²) >= 11 is 0. The summed E-state index contributed by atoms with van der Waals surface area (Å²) in [5, 5.41) is 9.70. The van der Waals surface area contributed by atoms with Crippen molar-refractivity contribution in [1.29, 1.82) is 0 Å². The van der Waals surface area contributed by atoms with Gasteiger partial charge in [0.05, 0.1) is 13.2 Å². The van der Waals surface area contributed by atoms with Gasteiger partial charge in [0.1, 0.15) is 5.41 Å². The van der Waals surface area contributed by atoms with Crippen molar-refractivity contribution in [3.05, 3.63) is 23.8 Å². The van der Waals surface area contributed by atoms with Gasteiger partial charge in [-0.05, 0) is 30.7 Å². The van der Waals surface area contributed by atoms with Crippen LogP contribution >= 0.6 is 0 Å². The summed E-state index contributed by atoms with van der Waals surface area (Å²) < 4.78 is 5.13. The molecule has 1 amide bonds. The predicted octanol–water partition coefficient (Wildman–Crippen LogP) is 0.512. The Balaban J connectivity index is 2.63. The average Bonchev–Trinajstić information content (AvgIpc) is 2.59. The molecule has 5 nitrogen and oxygen atoms in total. The molecule has 1 aliphatic rings. The quantitative estimate of drug-likeness (QED) is 0.763. The third-order valence-corrected chi connectivity index (χ3v) is 3.46. The first-order valence-electron chi connectivity index (χ1n) is 5.92. The molecule has 1 aromatic carbocycles. The fourth-order valence-electron chi connectivity index (χ4n) is 2.55. The number of nitrogens with zero attached hydrogens (tertiary/aromatic N) is 1. The number of hydrogen-bond acceptors (Lipinski definition) is 4. The van der Waals surface area contributed by atoms with Crippen LogP contribution in [0.5, 0.6) is 0 Å². The second-order valence-electron chi connectivity index (χ2n) is 4.50. The van der Waals surface area contributed by atoms with E-state index in [-0.39, 0.29) is 19.1 Å². The number of hydrogen-bond donors (Lipinski definition) is 2. The van der Waals surface area contributed by atoms with Crippen LogP contribution < -0.4 is 10.6 Å². The standard InChI is InChI=1S/C13H18N2O3/c1-3-15-11-5-4-9(14)6-10(11)13(7-16,8-18-2)12(15)17/h4-6,16H,3,7-8,14H2,1-2H3. The Bertz CT molecular complexity index is 475. The minimum atomic E-state index is -1.02. The van der Waals surface area contributed by atoms with Gasteiger partial charge in [-0.2, -0.15) is 0 Å². The summed E-state index contributed by atoms with van der Waals surface area (Å²) in [5.74, 6) is -0.130. The summed E-state index contributed by atoms with van der Waals surface area (Å²) in [6.07, 6.45) is 0. The lowest BCUT2D eigenvalue weighted by molar-refractivity contribution is -0.126. The van der Waals surface area contributed by atoms with E-state index in [9.17, 15) is 9.90 Å². The highest BCUT2D eigenvalue weighted by Gasteiger charge is 2.50. The third-order valence-electron chi connectivity index (χ3n) is 3.46. The first kappa shape index (κ1) is 12.9. The fraction of sp³-hybridized carbons (Fsp3) is 0.462. The highest BCUT2D eigenvalue weighted by molar-refractivity contribution is 6.08. The van der Waals surface area contributed by atoms with Crippen LogP contribution in [0.1, 0.15) is 12.5 Å². The SMILES string of the molecule is CCN1C(=O)C(CO)(COC)c2cc(N)ccc21. The van der Waals surface area contributed by atoms with Crippen LogP contribution in [-0.2, 0) is 14.9 Å². The van der Waals surface area contributed by atoms with E-state index in [1.165, 1.54) is 7.11 Å². The van der Waals surface area contributed by atoms with Crippen LogP contribution in [0.4, 0.5) is 11.4 Å². The number of ether oxygens (including phenoxy) is 1. The number of carbonyl (C=O) groups is 1. The van der Waals surface area contributed by atoms with Gasteiger partial charge in [-0.1, -0.05) is 0 Å². The van der Waals surface area contributed by atoms with Crippen molar-refractivity contribution in [3.63, 3.8) is 0 Å². The number of fused-ring (bicyclic) bond motifs is 1. The summed E-state index contributed by atoms with van der Waals surface area (Å²) in [7, 11) is 1.52. The molecule has 3 N–H and O–H groups in total. The number of aliphatic hydroxyl groups is 1. The monoisotopic (exact) mass is 250 g/mol. The van der Waals surface area contributed by atoms with Gasteiger partial charge in [0.2, 0.25) is 5.91 Å². The molecule has 0 aliphatic carbocycles. The molecule has 0 aromatic heterocycles. The van der Waals surface area contributed by atoms with E-state index in [0.29, 0.717) is 12.2 Å². The molecule has 5 heteroatoms. The number of methoxy groups -OCH3 is 1. The number of benzene rings is 1. The summed E-state index contributed by atoms with van der Waals surface area (Å²) in [6.45, 7) is 2.32. The maximum absolute atomic E-state index is 12.5. The molecule has 18 heavy (non-hydrogen) atoms. The lowest BCUT2D eigenvalue weighted by atomic mass is 9.83. The van der Waals surface area contributed by atoms with Crippen LogP contribution in [0.2, 0.25) is 0 Å². The number of carbonyl (C=O) groups excluding carboxylic acids is 1. The van der Waals surface area contributed by atoms with E-state index in [2.05, 4.69) is 0 Å². The molecule has 1 unspecified atom stereocenters. The molecule has 0 saturated carbocycles. The third kappa shape index (κ3) is 1.59. The first-order chi connectivity index (χ1) is 8.60. The molecule has 2 rings (SSSR count). The van der Waals surface area contributed by atoms with Gasteiger partial charge in [-0.15, -0.1) is 0 Å². The Hall–Kier alpha value is -1.59. The smallest absolute Gasteiger partial charge is 0.242 e. The largest absolute Gasteiger partial charge is 0.399 e. The van der Waals surface area contributed by atoms with E-state index in [1.54, 1.807) is 17.0 Å². The fourth-order valence-corrected chi connectivity index (χ4v) is 2.55. The van der Waals surface area contributed by atoms with Crippen molar-refractivity contribution in [1.82, 2.24) is 0 Å². The van der Waals surface area contributed by atoms with Gasteiger partial charge in [0.15, 0.2) is 0 Å². The predicted molar refractivity (Wildman–Crippen MR) is 69.5 cm³/mol. The highest BCUT2D eigenvalue weighted by Crippen LogP contribution is 2.42. The Morgan fingerprint density at radius 3 is 2.78 bits per heavy atom. The van der Waals surface area contributed by atoms with E-state index >= 15 is 0 Å². The molecule has 0 fully saturated rings. The van der Waals surface area contributed by atoms with Gasteiger partial charge in [-0.25, -0.2) is 0 Å². The van der Waals surface area contributed by atoms with Gasteiger partial charge < -0.3 is 20.5 Å². The Morgan fingerprint density at radius 1 is 1.50 bits per heavy atom. The number of rotatable bonds is 4. The Kier molecular flexibility index (Phi) is 3.28. The number of aliphatic hydroxyl groups excluding tert-OH is 1. The molecule has 0 saturated heterocycles. The molecule has 98 valence electrons. The number of nitrogens with two attached hydrogens (primary N) is 1. The van der Waals surface area contributed by atoms with Gasteiger partial charge in [-0.3, -0.25) is 4.79 Å². The van der Waals surface area contributed by atoms with Crippen molar-refractivity contribution in [2.45, 2.75) is 12.3 Å². The number of amides is 1. The lowest BCUT2D eigenvalue weighted by Gasteiger charge is -2.25. The number of likely N-dealkylation sites (N-methyl/N-ethyl adjacent to an activating group) is 1. The van der Waals surface area contributed by atoms with E-state index in [0.717, 1.165) is 11.3 Å². The second-order valence-corrected chi connectivity index (χ2v) is 4.50. The van der Waals surface area contributed by atoms with Crippen molar-refractivity contribution in [2.75, 3.05) is 37.5 Å². The zero-order valence-corrected chi connectivity index (χ0v) is 10.6. The van der Waals surface area contributed by atoms with Crippen LogP contribution in [0.3, 0.4) is 0 Å². The van der Waals surface area contributed by atoms with E-state index in [1.807, 2.05) is 13.0 Å². The number of nitrogen functional groups attached to an aromatic ring is 1. The minimum absolute atomic E-state index is 0.130. The lowest BCUT2D eigenvalue weighted by Crippen LogP contribution is -2.46. The molecule has 1 aromatic rings. The zero-order valence-electron chi connectivity index (χ0n) is 10.6. The maximum atomic E-state index is 12.5. The van der Waals surface area contributed by atoms with Gasteiger partial charge in [0.25, 0.3) is 0 Å². The molecule has 1 aliphatic heterocycles.